The van der Waals surface area contributed by atoms with Gasteiger partial charge >= 0.3 is 0 Å². The number of hydrogen-bond acceptors (Lipinski definition) is 1. The molecular weight excluding hydrogens is 743 g/mol. The highest BCUT2D eigenvalue weighted by Gasteiger charge is 2.22. The molecule has 2 heterocycles. The Hall–Kier alpha value is -7.00. The van der Waals surface area contributed by atoms with Crippen molar-refractivity contribution in [1.29, 1.82) is 0 Å². The third kappa shape index (κ3) is 6.06. The molecule has 0 saturated heterocycles. The number of nitrogens with zero attached hydrogens (tertiary/aromatic N) is 1. The smallest absolute Gasteiger partial charge is 0.0619 e. The molecule has 0 amide bonds. The lowest BCUT2D eigenvalue weighted by Crippen LogP contribution is -2.03. The number of benzene rings is 9. The summed E-state index contributed by atoms with van der Waals surface area (Å²) >= 11 is 1.91. The Labute approximate surface area is 355 Å². The van der Waals surface area contributed by atoms with E-state index < -0.39 is 0 Å². The average molecular weight is 786 g/mol. The first-order chi connectivity index (χ1) is 29.6. The van der Waals surface area contributed by atoms with E-state index >= 15 is 0 Å². The van der Waals surface area contributed by atoms with Crippen molar-refractivity contribution in [2.45, 2.75) is 26.2 Å². The van der Waals surface area contributed by atoms with Gasteiger partial charge in [-0.25, -0.2) is 0 Å². The molecule has 286 valence electrons. The summed E-state index contributed by atoms with van der Waals surface area (Å²) in [5.41, 5.74) is 17.7. The van der Waals surface area contributed by atoms with E-state index in [1.807, 2.05) is 11.3 Å². The van der Waals surface area contributed by atoms with Crippen LogP contribution in [-0.2, 0) is 0 Å². The van der Waals surface area contributed by atoms with Crippen molar-refractivity contribution in [3.8, 4) is 50.2 Å². The molecule has 1 nitrogen and oxygen atoms in total. The second kappa shape index (κ2) is 15.0. The number of hydrogen-bond donors (Lipinski definition) is 0. The molecule has 0 bridgehead atoms. The summed E-state index contributed by atoms with van der Waals surface area (Å²) in [5, 5.41) is 5.21. The van der Waals surface area contributed by atoms with Crippen LogP contribution in [0, 0.1) is 6.92 Å². The van der Waals surface area contributed by atoms with Gasteiger partial charge in [-0.1, -0.05) is 177 Å². The minimum absolute atomic E-state index is 0.209. The van der Waals surface area contributed by atoms with Gasteiger partial charge in [0, 0.05) is 48.1 Å². The molecule has 9 aromatic carbocycles. The van der Waals surface area contributed by atoms with Gasteiger partial charge < -0.3 is 4.57 Å². The lowest BCUT2D eigenvalue weighted by molar-refractivity contribution is 0.780. The molecule has 1 unspecified atom stereocenters. The molecule has 60 heavy (non-hydrogen) atoms. The molecule has 0 saturated carbocycles. The van der Waals surface area contributed by atoms with Crippen LogP contribution in [0.2, 0.25) is 0 Å². The van der Waals surface area contributed by atoms with E-state index in [0.717, 1.165) is 6.42 Å². The van der Waals surface area contributed by atoms with E-state index in [0.29, 0.717) is 0 Å². The molecule has 2 heteroatoms. The molecule has 0 aliphatic rings. The SMILES string of the molecule is CCC(c1cc(-c2ccc(-c3ccccc3)cc2)c2sc3ccccc3c2c1)c1ccccc1-c1ccc(-c2cccc3c4ccccc4n(-c4ccccc4)c23)cc1C. The van der Waals surface area contributed by atoms with Crippen molar-refractivity contribution in [1.82, 2.24) is 4.57 Å². The Morgan fingerprint density at radius 3 is 1.88 bits per heavy atom. The van der Waals surface area contributed by atoms with Crippen molar-refractivity contribution in [2.24, 2.45) is 0 Å². The molecule has 0 spiro atoms. The maximum atomic E-state index is 2.49. The first-order valence-corrected chi connectivity index (χ1v) is 21.8. The van der Waals surface area contributed by atoms with Crippen molar-refractivity contribution in [3.05, 3.63) is 223 Å². The fourth-order valence-corrected chi connectivity index (χ4v) is 10.9. The van der Waals surface area contributed by atoms with Gasteiger partial charge in [-0.2, -0.15) is 0 Å². The zero-order valence-electron chi connectivity index (χ0n) is 33.8. The summed E-state index contributed by atoms with van der Waals surface area (Å²) in [6, 6.07) is 76.2. The van der Waals surface area contributed by atoms with Gasteiger partial charge in [-0.05, 0) is 105 Å². The lowest BCUT2D eigenvalue weighted by Gasteiger charge is -2.22. The molecular formula is C58H43NS. The summed E-state index contributed by atoms with van der Waals surface area (Å²) in [5.74, 6) is 0.209. The van der Waals surface area contributed by atoms with Crippen LogP contribution in [-0.4, -0.2) is 4.57 Å². The molecule has 1 atom stereocenters. The standard InChI is InChI=1S/C58H43NS/c1-3-45(43-36-53(58-54(37-43)51-24-13-15-28-56(51)60-58)41-31-29-40(30-32-41)39-17-6-4-7-18-39)48-21-10-11-22-49(48)46-34-33-42(35-38(46)2)47-25-16-26-52-50-23-12-14-27-55(50)59(57(47)52)44-19-8-5-9-20-44/h4-37,45H,3H2,1-2H3. The number of fused-ring (bicyclic) bond motifs is 6. The zero-order chi connectivity index (χ0) is 40.2. The number of thiophene rings is 1. The molecule has 0 aliphatic carbocycles. The van der Waals surface area contributed by atoms with Crippen molar-refractivity contribution in [2.75, 3.05) is 0 Å². The van der Waals surface area contributed by atoms with Crippen molar-refractivity contribution < 1.29 is 0 Å². The maximum absolute atomic E-state index is 2.49. The third-order valence-corrected chi connectivity index (χ3v) is 13.7. The number of aryl methyl sites for hydroxylation is 1. The summed E-state index contributed by atoms with van der Waals surface area (Å²) in [4.78, 5) is 0. The van der Waals surface area contributed by atoms with Gasteiger partial charge in [0.25, 0.3) is 0 Å². The Morgan fingerprint density at radius 1 is 0.450 bits per heavy atom. The van der Waals surface area contributed by atoms with Crippen LogP contribution in [0.1, 0.15) is 36.0 Å². The summed E-state index contributed by atoms with van der Waals surface area (Å²) in [6.07, 6.45) is 0.986. The highest BCUT2D eigenvalue weighted by molar-refractivity contribution is 7.26. The predicted molar refractivity (Wildman–Crippen MR) is 259 cm³/mol. The second-order valence-corrected chi connectivity index (χ2v) is 17.0. The Morgan fingerprint density at radius 2 is 1.08 bits per heavy atom. The van der Waals surface area contributed by atoms with E-state index in [4.69, 9.17) is 0 Å². The van der Waals surface area contributed by atoms with Crippen LogP contribution >= 0.6 is 11.3 Å². The fraction of sp³-hybridized carbons (Fsp3) is 0.0690. The van der Waals surface area contributed by atoms with E-state index in [1.54, 1.807) is 0 Å². The van der Waals surface area contributed by atoms with E-state index in [-0.39, 0.29) is 5.92 Å². The molecule has 2 aromatic heterocycles. The van der Waals surface area contributed by atoms with E-state index in [1.165, 1.54) is 109 Å². The number of aromatic nitrogens is 1. The molecule has 0 fully saturated rings. The monoisotopic (exact) mass is 785 g/mol. The first kappa shape index (κ1) is 36.1. The predicted octanol–water partition coefficient (Wildman–Crippen LogP) is 16.7. The highest BCUT2D eigenvalue weighted by atomic mass is 32.1. The summed E-state index contributed by atoms with van der Waals surface area (Å²) < 4.78 is 5.11. The van der Waals surface area contributed by atoms with Crippen LogP contribution < -0.4 is 0 Å². The zero-order valence-corrected chi connectivity index (χ0v) is 34.6. The summed E-state index contributed by atoms with van der Waals surface area (Å²) in [7, 11) is 0. The molecule has 0 N–H and O–H groups in total. The maximum Gasteiger partial charge on any atom is 0.0619 e. The van der Waals surface area contributed by atoms with Crippen LogP contribution in [0.4, 0.5) is 0 Å². The van der Waals surface area contributed by atoms with Gasteiger partial charge in [0.15, 0.2) is 0 Å². The first-order valence-electron chi connectivity index (χ1n) is 21.0. The van der Waals surface area contributed by atoms with Crippen LogP contribution in [0.5, 0.6) is 0 Å². The quantitative estimate of drug-likeness (QED) is 0.145. The lowest BCUT2D eigenvalue weighted by atomic mass is 9.81. The molecule has 11 rings (SSSR count). The fourth-order valence-electron chi connectivity index (χ4n) is 9.65. The van der Waals surface area contributed by atoms with Gasteiger partial charge in [0.1, 0.15) is 0 Å². The minimum atomic E-state index is 0.209. The molecule has 0 aliphatic heterocycles. The Kier molecular flexibility index (Phi) is 9.02. The van der Waals surface area contributed by atoms with Crippen LogP contribution in [0.25, 0.3) is 92.2 Å². The number of para-hydroxylation sites is 3. The van der Waals surface area contributed by atoms with Gasteiger partial charge in [-0.15, -0.1) is 11.3 Å². The largest absolute Gasteiger partial charge is 0.309 e. The van der Waals surface area contributed by atoms with Crippen molar-refractivity contribution in [3.63, 3.8) is 0 Å². The molecule has 0 radical (unpaired) electrons. The summed E-state index contributed by atoms with van der Waals surface area (Å²) in [6.45, 7) is 4.62. The normalized spacial score (nSPS) is 12.2. The number of rotatable bonds is 8. The second-order valence-electron chi connectivity index (χ2n) is 16.0. The van der Waals surface area contributed by atoms with Crippen LogP contribution in [0.15, 0.2) is 206 Å². The highest BCUT2D eigenvalue weighted by Crippen LogP contribution is 2.46. The van der Waals surface area contributed by atoms with E-state index in [2.05, 4.69) is 225 Å². The van der Waals surface area contributed by atoms with Gasteiger partial charge in [-0.3, -0.25) is 0 Å². The van der Waals surface area contributed by atoms with Crippen molar-refractivity contribution >= 4 is 53.3 Å². The minimum Gasteiger partial charge on any atom is -0.309 e. The third-order valence-electron chi connectivity index (χ3n) is 12.5. The van der Waals surface area contributed by atoms with E-state index in [9.17, 15) is 0 Å². The Bertz CT molecular complexity index is 3350. The average Bonchev–Trinajstić information content (AvgIpc) is 3.86. The topological polar surface area (TPSA) is 4.93 Å². The van der Waals surface area contributed by atoms with Crippen LogP contribution in [0.3, 0.4) is 0 Å². The molecule has 11 aromatic rings. The Balaban J connectivity index is 1.03. The van der Waals surface area contributed by atoms with Gasteiger partial charge in [0.05, 0.1) is 11.0 Å². The van der Waals surface area contributed by atoms with Gasteiger partial charge in [0.2, 0.25) is 0 Å².